The van der Waals surface area contributed by atoms with E-state index < -0.39 is 0 Å². The van der Waals surface area contributed by atoms with E-state index in [4.69, 9.17) is 5.73 Å². The molecule has 1 heterocycles. The van der Waals surface area contributed by atoms with Crippen molar-refractivity contribution < 1.29 is 4.79 Å². The first kappa shape index (κ1) is 11.5. The molecule has 0 fully saturated rings. The molecule has 0 aliphatic rings. The van der Waals surface area contributed by atoms with Crippen molar-refractivity contribution in [1.29, 1.82) is 0 Å². The Kier molecular flexibility index (Phi) is 4.92. The number of nitrogens with two attached hydrogens (primary N) is 1. The fourth-order valence-corrected chi connectivity index (χ4v) is 2.07. The van der Waals surface area contributed by atoms with Crippen LogP contribution in [0.25, 0.3) is 0 Å². The van der Waals surface area contributed by atoms with E-state index >= 15 is 0 Å². The maximum Gasteiger partial charge on any atom is 0.236 e. The summed E-state index contributed by atoms with van der Waals surface area (Å²) in [6.07, 6.45) is 1.74. The molecule has 1 amide bonds. The standard InChI is InChI=1S/C8H13N3OS2/c1-6-4-10-8(14-6)11-7(12)5-13-3-2-9/h4H,2-3,5,9H2,1H3,(H,10,11,12). The summed E-state index contributed by atoms with van der Waals surface area (Å²) < 4.78 is 0. The number of carbonyl (C=O) groups excluding carboxylic acids is 1. The summed E-state index contributed by atoms with van der Waals surface area (Å²) in [5, 5.41) is 3.40. The third kappa shape index (κ3) is 4.08. The van der Waals surface area contributed by atoms with Crippen LogP contribution >= 0.6 is 23.1 Å². The van der Waals surface area contributed by atoms with Crippen molar-refractivity contribution in [2.24, 2.45) is 5.73 Å². The van der Waals surface area contributed by atoms with Gasteiger partial charge in [0, 0.05) is 23.4 Å². The highest BCUT2D eigenvalue weighted by atomic mass is 32.2. The second kappa shape index (κ2) is 6.00. The Bertz CT molecular complexity index is 301. The van der Waals surface area contributed by atoms with Crippen LogP contribution in [0.3, 0.4) is 0 Å². The van der Waals surface area contributed by atoms with Gasteiger partial charge in [0.05, 0.1) is 5.75 Å². The van der Waals surface area contributed by atoms with E-state index in [9.17, 15) is 4.79 Å². The van der Waals surface area contributed by atoms with Gasteiger partial charge in [-0.1, -0.05) is 0 Å². The summed E-state index contributed by atoms with van der Waals surface area (Å²) in [6, 6.07) is 0. The molecule has 1 aromatic heterocycles. The van der Waals surface area contributed by atoms with Crippen LogP contribution in [0.5, 0.6) is 0 Å². The monoisotopic (exact) mass is 231 g/mol. The lowest BCUT2D eigenvalue weighted by Gasteiger charge is -1.99. The molecule has 0 aliphatic heterocycles. The Hall–Kier alpha value is -0.590. The minimum atomic E-state index is -0.0159. The smallest absolute Gasteiger partial charge is 0.236 e. The first-order valence-electron chi connectivity index (χ1n) is 4.22. The lowest BCUT2D eigenvalue weighted by Crippen LogP contribution is -2.15. The molecule has 3 N–H and O–H groups in total. The van der Waals surface area contributed by atoms with Gasteiger partial charge >= 0.3 is 0 Å². The summed E-state index contributed by atoms with van der Waals surface area (Å²) in [5.41, 5.74) is 5.31. The van der Waals surface area contributed by atoms with E-state index in [0.29, 0.717) is 17.4 Å². The quantitative estimate of drug-likeness (QED) is 0.744. The summed E-state index contributed by atoms with van der Waals surface area (Å²) in [6.45, 7) is 2.56. The summed E-state index contributed by atoms with van der Waals surface area (Å²) >= 11 is 3.01. The van der Waals surface area contributed by atoms with E-state index in [0.717, 1.165) is 10.6 Å². The predicted octanol–water partition coefficient (Wildman–Crippen LogP) is 1.08. The number of thiazole rings is 1. The molecule has 6 heteroatoms. The van der Waals surface area contributed by atoms with Gasteiger partial charge in [-0.15, -0.1) is 11.3 Å². The second-order valence-corrected chi connectivity index (χ2v) is 5.01. The zero-order valence-electron chi connectivity index (χ0n) is 7.95. The van der Waals surface area contributed by atoms with Crippen molar-refractivity contribution >= 4 is 34.1 Å². The minimum Gasteiger partial charge on any atom is -0.330 e. The Labute approximate surface area is 91.3 Å². The average molecular weight is 231 g/mol. The van der Waals surface area contributed by atoms with Gasteiger partial charge in [-0.3, -0.25) is 4.79 Å². The number of amides is 1. The summed E-state index contributed by atoms with van der Waals surface area (Å²) in [5.74, 6) is 1.23. The van der Waals surface area contributed by atoms with Gasteiger partial charge in [-0.2, -0.15) is 11.8 Å². The van der Waals surface area contributed by atoms with Crippen LogP contribution in [0.15, 0.2) is 6.20 Å². The van der Waals surface area contributed by atoms with E-state index in [2.05, 4.69) is 10.3 Å². The molecule has 0 unspecified atom stereocenters. The number of aryl methyl sites for hydroxylation is 1. The zero-order valence-corrected chi connectivity index (χ0v) is 9.58. The van der Waals surface area contributed by atoms with Crippen molar-refractivity contribution in [2.45, 2.75) is 6.92 Å². The fourth-order valence-electron chi connectivity index (χ4n) is 0.816. The highest BCUT2D eigenvalue weighted by Gasteiger charge is 2.04. The number of anilines is 1. The number of hydrogen-bond acceptors (Lipinski definition) is 5. The number of hydrogen-bond donors (Lipinski definition) is 2. The Morgan fingerprint density at radius 2 is 2.57 bits per heavy atom. The number of carbonyl (C=O) groups is 1. The predicted molar refractivity (Wildman–Crippen MR) is 61.9 cm³/mol. The molecule has 0 saturated heterocycles. The molecule has 0 atom stereocenters. The third-order valence-corrected chi connectivity index (χ3v) is 3.18. The SMILES string of the molecule is Cc1cnc(NC(=O)CSCCN)s1. The number of aromatic nitrogens is 1. The van der Waals surface area contributed by atoms with E-state index in [-0.39, 0.29) is 5.91 Å². The highest BCUT2D eigenvalue weighted by Crippen LogP contribution is 2.16. The molecule has 14 heavy (non-hydrogen) atoms. The van der Waals surface area contributed by atoms with E-state index in [1.54, 1.807) is 6.20 Å². The van der Waals surface area contributed by atoms with Gasteiger partial charge in [0.2, 0.25) is 5.91 Å². The lowest BCUT2D eigenvalue weighted by molar-refractivity contribution is -0.113. The van der Waals surface area contributed by atoms with E-state index in [1.807, 2.05) is 6.92 Å². The maximum absolute atomic E-state index is 11.3. The van der Waals surface area contributed by atoms with Crippen molar-refractivity contribution in [3.8, 4) is 0 Å². The second-order valence-electron chi connectivity index (χ2n) is 2.67. The Balaban J connectivity index is 2.27. The van der Waals surface area contributed by atoms with E-state index in [1.165, 1.54) is 23.1 Å². The van der Waals surface area contributed by atoms with Crippen molar-refractivity contribution in [2.75, 3.05) is 23.4 Å². The van der Waals surface area contributed by atoms with Crippen LogP contribution in [0, 0.1) is 6.92 Å². The van der Waals surface area contributed by atoms with Crippen LogP contribution in [0.1, 0.15) is 4.88 Å². The van der Waals surface area contributed by atoms with Crippen LogP contribution in [-0.4, -0.2) is 28.9 Å². The molecule has 0 spiro atoms. The van der Waals surface area contributed by atoms with Gasteiger partial charge in [-0.05, 0) is 6.92 Å². The molecule has 4 nitrogen and oxygen atoms in total. The summed E-state index contributed by atoms with van der Waals surface area (Å²) in [4.78, 5) is 16.4. The Morgan fingerprint density at radius 1 is 1.79 bits per heavy atom. The molecule has 0 aromatic carbocycles. The first-order valence-corrected chi connectivity index (χ1v) is 6.19. The lowest BCUT2D eigenvalue weighted by atomic mass is 10.6. The number of rotatable bonds is 5. The molecule has 0 saturated carbocycles. The highest BCUT2D eigenvalue weighted by molar-refractivity contribution is 7.99. The molecular weight excluding hydrogens is 218 g/mol. The molecule has 0 bridgehead atoms. The normalized spacial score (nSPS) is 10.1. The minimum absolute atomic E-state index is 0.0159. The first-order chi connectivity index (χ1) is 6.72. The number of nitrogens with one attached hydrogen (secondary N) is 1. The average Bonchev–Trinajstić information content (AvgIpc) is 2.52. The van der Waals surface area contributed by atoms with Gasteiger partial charge in [0.25, 0.3) is 0 Å². The molecule has 78 valence electrons. The molecular formula is C8H13N3OS2. The third-order valence-electron chi connectivity index (χ3n) is 1.36. The van der Waals surface area contributed by atoms with Gasteiger partial charge < -0.3 is 11.1 Å². The van der Waals surface area contributed by atoms with Crippen LogP contribution in [0.4, 0.5) is 5.13 Å². The Morgan fingerprint density at radius 3 is 3.14 bits per heavy atom. The zero-order chi connectivity index (χ0) is 10.4. The van der Waals surface area contributed by atoms with Crippen molar-refractivity contribution in [3.63, 3.8) is 0 Å². The topological polar surface area (TPSA) is 68.0 Å². The molecule has 0 aliphatic carbocycles. The molecule has 1 aromatic rings. The van der Waals surface area contributed by atoms with Crippen molar-refractivity contribution in [1.82, 2.24) is 4.98 Å². The van der Waals surface area contributed by atoms with Crippen LogP contribution in [0.2, 0.25) is 0 Å². The maximum atomic E-state index is 11.3. The van der Waals surface area contributed by atoms with Crippen molar-refractivity contribution in [3.05, 3.63) is 11.1 Å². The molecule has 1 rings (SSSR count). The van der Waals surface area contributed by atoms with Gasteiger partial charge in [0.15, 0.2) is 5.13 Å². The molecule has 0 radical (unpaired) electrons. The fraction of sp³-hybridized carbons (Fsp3) is 0.500. The number of nitrogens with zero attached hydrogens (tertiary/aromatic N) is 1. The number of thioether (sulfide) groups is 1. The van der Waals surface area contributed by atoms with Crippen LogP contribution < -0.4 is 11.1 Å². The van der Waals surface area contributed by atoms with Gasteiger partial charge in [-0.25, -0.2) is 4.98 Å². The summed E-state index contributed by atoms with van der Waals surface area (Å²) in [7, 11) is 0. The van der Waals surface area contributed by atoms with Crippen LogP contribution in [-0.2, 0) is 4.79 Å². The largest absolute Gasteiger partial charge is 0.330 e. The van der Waals surface area contributed by atoms with Gasteiger partial charge in [0.1, 0.15) is 0 Å².